The summed E-state index contributed by atoms with van der Waals surface area (Å²) in [7, 11) is 1.64. The van der Waals surface area contributed by atoms with Crippen molar-refractivity contribution in [2.75, 3.05) is 19.0 Å². The van der Waals surface area contributed by atoms with Gasteiger partial charge in [-0.3, -0.25) is 4.79 Å². The van der Waals surface area contributed by atoms with Crippen LogP contribution in [0.3, 0.4) is 0 Å². The highest BCUT2D eigenvalue weighted by Crippen LogP contribution is 2.18. The Hall–Kier alpha value is -1.83. The summed E-state index contributed by atoms with van der Waals surface area (Å²) in [5, 5.41) is 5.30. The predicted octanol–water partition coefficient (Wildman–Crippen LogP) is 1.57. The van der Waals surface area contributed by atoms with E-state index in [0.717, 1.165) is 0 Å². The maximum absolute atomic E-state index is 11.9. The maximum Gasteiger partial charge on any atom is 0.422 e. The van der Waals surface area contributed by atoms with Crippen LogP contribution >= 0.6 is 0 Å². The number of ether oxygens (including phenoxy) is 1. The minimum absolute atomic E-state index is 0.156. The number of halogens is 3. The second kappa shape index (κ2) is 6.37. The van der Waals surface area contributed by atoms with Crippen LogP contribution in [0, 0.1) is 0 Å². The first kappa shape index (κ1) is 15.2. The number of hydrogen-bond donors (Lipinski definition) is 2. The van der Waals surface area contributed by atoms with E-state index in [-0.39, 0.29) is 17.8 Å². The quantitative estimate of drug-likeness (QED) is 0.857. The SMILES string of the molecule is CNC(C)C(=O)Nc1ccc(OCC(F)(F)F)nc1. The molecular weight excluding hydrogens is 263 g/mol. The zero-order valence-corrected chi connectivity index (χ0v) is 10.4. The van der Waals surface area contributed by atoms with Crippen molar-refractivity contribution in [1.29, 1.82) is 0 Å². The average molecular weight is 277 g/mol. The van der Waals surface area contributed by atoms with Gasteiger partial charge in [0.1, 0.15) is 0 Å². The maximum atomic E-state index is 11.9. The molecule has 0 bridgehead atoms. The number of likely N-dealkylation sites (N-methyl/N-ethyl adjacent to an activating group) is 1. The molecular formula is C11H14F3N3O2. The first-order valence-electron chi connectivity index (χ1n) is 5.45. The van der Waals surface area contributed by atoms with Crippen molar-refractivity contribution >= 4 is 11.6 Å². The Labute approximate surface area is 108 Å². The van der Waals surface area contributed by atoms with Crippen molar-refractivity contribution in [3.63, 3.8) is 0 Å². The molecule has 0 spiro atoms. The van der Waals surface area contributed by atoms with E-state index >= 15 is 0 Å². The van der Waals surface area contributed by atoms with Crippen molar-refractivity contribution in [2.45, 2.75) is 19.1 Å². The van der Waals surface area contributed by atoms with Gasteiger partial charge in [0.25, 0.3) is 0 Å². The molecule has 1 aromatic heterocycles. The first-order valence-corrected chi connectivity index (χ1v) is 5.45. The molecule has 1 heterocycles. The molecule has 2 N–H and O–H groups in total. The highest BCUT2D eigenvalue weighted by molar-refractivity contribution is 5.94. The number of amides is 1. The molecule has 0 fully saturated rings. The lowest BCUT2D eigenvalue weighted by molar-refractivity contribution is -0.154. The van der Waals surface area contributed by atoms with E-state index in [1.54, 1.807) is 14.0 Å². The number of aromatic nitrogens is 1. The van der Waals surface area contributed by atoms with Crippen LogP contribution in [0.4, 0.5) is 18.9 Å². The molecule has 0 aromatic carbocycles. The standard InChI is InChI=1S/C11H14F3N3O2/c1-7(15-2)10(18)17-8-3-4-9(16-5-8)19-6-11(12,13)14/h3-5,7,15H,6H2,1-2H3,(H,17,18). The molecule has 0 aliphatic carbocycles. The van der Waals surface area contributed by atoms with Crippen LogP contribution in [0.1, 0.15) is 6.92 Å². The molecule has 8 heteroatoms. The van der Waals surface area contributed by atoms with Gasteiger partial charge in [0, 0.05) is 6.07 Å². The van der Waals surface area contributed by atoms with Crippen LogP contribution in [-0.4, -0.2) is 36.8 Å². The zero-order valence-electron chi connectivity index (χ0n) is 10.4. The molecule has 1 rings (SSSR count). The molecule has 1 amide bonds. The third-order valence-corrected chi connectivity index (χ3v) is 2.21. The van der Waals surface area contributed by atoms with Crippen LogP contribution in [0.5, 0.6) is 5.88 Å². The fraction of sp³-hybridized carbons (Fsp3) is 0.455. The van der Waals surface area contributed by atoms with Crippen LogP contribution < -0.4 is 15.4 Å². The summed E-state index contributed by atoms with van der Waals surface area (Å²) in [5.41, 5.74) is 0.381. The second-order valence-electron chi connectivity index (χ2n) is 3.79. The van der Waals surface area contributed by atoms with Crippen molar-refractivity contribution in [3.8, 4) is 5.88 Å². The van der Waals surface area contributed by atoms with E-state index in [1.807, 2.05) is 0 Å². The minimum Gasteiger partial charge on any atom is -0.468 e. The van der Waals surface area contributed by atoms with Crippen molar-refractivity contribution in [2.24, 2.45) is 0 Å². The molecule has 1 aromatic rings. The van der Waals surface area contributed by atoms with Gasteiger partial charge in [0.2, 0.25) is 11.8 Å². The monoisotopic (exact) mass is 277 g/mol. The Morgan fingerprint density at radius 1 is 1.47 bits per heavy atom. The average Bonchev–Trinajstić information content (AvgIpc) is 2.36. The highest BCUT2D eigenvalue weighted by Gasteiger charge is 2.28. The predicted molar refractivity (Wildman–Crippen MR) is 62.9 cm³/mol. The van der Waals surface area contributed by atoms with Gasteiger partial charge in [-0.05, 0) is 20.0 Å². The lowest BCUT2D eigenvalue weighted by Gasteiger charge is -2.11. The summed E-state index contributed by atoms with van der Waals surface area (Å²) in [6.45, 7) is 0.270. The van der Waals surface area contributed by atoms with Crippen LogP contribution in [0.15, 0.2) is 18.3 Å². The number of carbonyl (C=O) groups is 1. The number of alkyl halides is 3. The van der Waals surface area contributed by atoms with E-state index < -0.39 is 12.8 Å². The third kappa shape index (κ3) is 5.56. The van der Waals surface area contributed by atoms with Crippen LogP contribution in [0.25, 0.3) is 0 Å². The number of pyridine rings is 1. The van der Waals surface area contributed by atoms with Crippen molar-refractivity contribution in [1.82, 2.24) is 10.3 Å². The summed E-state index contributed by atoms with van der Waals surface area (Å²) in [4.78, 5) is 15.2. The summed E-state index contributed by atoms with van der Waals surface area (Å²) in [6.07, 6.45) is -3.18. The lowest BCUT2D eigenvalue weighted by atomic mass is 10.3. The van der Waals surface area contributed by atoms with Gasteiger partial charge in [-0.2, -0.15) is 13.2 Å². The number of nitrogens with zero attached hydrogens (tertiary/aromatic N) is 1. The van der Waals surface area contributed by atoms with Gasteiger partial charge in [-0.1, -0.05) is 0 Å². The number of hydrogen-bond acceptors (Lipinski definition) is 4. The van der Waals surface area contributed by atoms with Gasteiger partial charge in [-0.15, -0.1) is 0 Å². The van der Waals surface area contributed by atoms with Gasteiger partial charge in [-0.25, -0.2) is 4.98 Å². The number of rotatable bonds is 5. The zero-order chi connectivity index (χ0) is 14.5. The van der Waals surface area contributed by atoms with Gasteiger partial charge < -0.3 is 15.4 Å². The van der Waals surface area contributed by atoms with Crippen molar-refractivity contribution < 1.29 is 22.7 Å². The molecule has 0 radical (unpaired) electrons. The largest absolute Gasteiger partial charge is 0.468 e. The van der Waals surface area contributed by atoms with Crippen LogP contribution in [-0.2, 0) is 4.79 Å². The molecule has 0 saturated heterocycles. The van der Waals surface area contributed by atoms with E-state index in [0.29, 0.717) is 5.69 Å². The Morgan fingerprint density at radius 2 is 2.16 bits per heavy atom. The first-order chi connectivity index (χ1) is 8.81. The molecule has 0 aliphatic heterocycles. The molecule has 1 unspecified atom stereocenters. The molecule has 0 saturated carbocycles. The summed E-state index contributed by atoms with van der Waals surface area (Å²) in [6, 6.07) is 2.28. The Kier molecular flexibility index (Phi) is 5.11. The summed E-state index contributed by atoms with van der Waals surface area (Å²) >= 11 is 0. The number of anilines is 1. The fourth-order valence-corrected chi connectivity index (χ4v) is 1.08. The Bertz CT molecular complexity index is 420. The summed E-state index contributed by atoms with van der Waals surface area (Å²) in [5.74, 6) is -0.426. The number of carbonyl (C=O) groups excluding carboxylic acids is 1. The minimum atomic E-state index is -4.41. The van der Waals surface area contributed by atoms with E-state index in [2.05, 4.69) is 20.4 Å². The lowest BCUT2D eigenvalue weighted by Crippen LogP contribution is -2.35. The third-order valence-electron chi connectivity index (χ3n) is 2.21. The van der Waals surface area contributed by atoms with E-state index in [4.69, 9.17) is 0 Å². The van der Waals surface area contributed by atoms with Gasteiger partial charge in [0.05, 0.1) is 17.9 Å². The topological polar surface area (TPSA) is 63.2 Å². The Balaban J connectivity index is 2.54. The number of nitrogens with one attached hydrogen (secondary N) is 2. The molecule has 1 atom stereocenters. The second-order valence-corrected chi connectivity index (χ2v) is 3.79. The van der Waals surface area contributed by atoms with Crippen LogP contribution in [0.2, 0.25) is 0 Å². The fourth-order valence-electron chi connectivity index (χ4n) is 1.08. The van der Waals surface area contributed by atoms with E-state index in [9.17, 15) is 18.0 Å². The van der Waals surface area contributed by atoms with E-state index in [1.165, 1.54) is 18.3 Å². The molecule has 5 nitrogen and oxygen atoms in total. The smallest absolute Gasteiger partial charge is 0.422 e. The summed E-state index contributed by atoms with van der Waals surface area (Å²) < 4.78 is 40.1. The van der Waals surface area contributed by atoms with Gasteiger partial charge >= 0.3 is 6.18 Å². The molecule has 19 heavy (non-hydrogen) atoms. The highest BCUT2D eigenvalue weighted by atomic mass is 19.4. The van der Waals surface area contributed by atoms with Crippen molar-refractivity contribution in [3.05, 3.63) is 18.3 Å². The van der Waals surface area contributed by atoms with Gasteiger partial charge in [0.15, 0.2) is 6.61 Å². The molecule has 106 valence electrons. The Morgan fingerprint density at radius 3 is 2.63 bits per heavy atom. The normalized spacial score (nSPS) is 12.9. The molecule has 0 aliphatic rings.